The summed E-state index contributed by atoms with van der Waals surface area (Å²) in [5.41, 5.74) is 3.64. The van der Waals surface area contributed by atoms with E-state index in [1.165, 1.54) is 11.1 Å². The van der Waals surface area contributed by atoms with E-state index >= 15 is 0 Å². The van der Waals surface area contributed by atoms with E-state index in [4.69, 9.17) is 4.74 Å². The SMILES string of the molecule is CCCCOCN1C(=O)CCCc2cccc(CC)c21. The predicted molar refractivity (Wildman–Crippen MR) is 82.0 cm³/mol. The van der Waals surface area contributed by atoms with E-state index in [1.807, 2.05) is 4.90 Å². The number of nitrogens with zero attached hydrogens (tertiary/aromatic N) is 1. The molecule has 1 amide bonds. The molecule has 1 heterocycles. The Hall–Kier alpha value is -1.35. The molecule has 0 aromatic heterocycles. The van der Waals surface area contributed by atoms with Crippen LogP contribution in [0.25, 0.3) is 0 Å². The highest BCUT2D eigenvalue weighted by Gasteiger charge is 2.24. The molecule has 2 rings (SSSR count). The fourth-order valence-corrected chi connectivity index (χ4v) is 2.71. The summed E-state index contributed by atoms with van der Waals surface area (Å²) in [5, 5.41) is 0. The molecule has 0 aliphatic carbocycles. The number of carbonyl (C=O) groups is 1. The fraction of sp³-hybridized carbons (Fsp3) is 0.588. The number of para-hydroxylation sites is 1. The lowest BCUT2D eigenvalue weighted by atomic mass is 10.0. The summed E-state index contributed by atoms with van der Waals surface area (Å²) in [7, 11) is 0. The first-order chi connectivity index (χ1) is 9.77. The third-order valence-electron chi connectivity index (χ3n) is 3.85. The third-order valence-corrected chi connectivity index (χ3v) is 3.85. The summed E-state index contributed by atoms with van der Waals surface area (Å²) in [6, 6.07) is 6.37. The average molecular weight is 275 g/mol. The predicted octanol–water partition coefficient (Wildman–Crippen LogP) is 3.69. The van der Waals surface area contributed by atoms with Crippen LogP contribution in [-0.4, -0.2) is 19.2 Å². The lowest BCUT2D eigenvalue weighted by molar-refractivity contribution is -0.119. The molecule has 20 heavy (non-hydrogen) atoms. The van der Waals surface area contributed by atoms with Crippen molar-refractivity contribution < 1.29 is 9.53 Å². The Morgan fingerprint density at radius 2 is 2.10 bits per heavy atom. The number of aryl methyl sites for hydroxylation is 2. The molecule has 1 aliphatic heterocycles. The van der Waals surface area contributed by atoms with Crippen LogP contribution >= 0.6 is 0 Å². The zero-order chi connectivity index (χ0) is 14.4. The van der Waals surface area contributed by atoms with Crippen molar-refractivity contribution in [3.8, 4) is 0 Å². The third kappa shape index (κ3) is 3.40. The van der Waals surface area contributed by atoms with Gasteiger partial charge in [0.2, 0.25) is 5.91 Å². The number of benzene rings is 1. The summed E-state index contributed by atoms with van der Waals surface area (Å²) in [6.45, 7) is 5.40. The zero-order valence-corrected chi connectivity index (χ0v) is 12.7. The Balaban J connectivity index is 2.22. The number of amides is 1. The first kappa shape index (κ1) is 15.0. The maximum Gasteiger partial charge on any atom is 0.228 e. The molecule has 0 atom stereocenters. The number of anilines is 1. The Labute approximate surface area is 121 Å². The van der Waals surface area contributed by atoms with E-state index in [2.05, 4.69) is 32.0 Å². The van der Waals surface area contributed by atoms with Crippen LogP contribution in [-0.2, 0) is 22.4 Å². The minimum absolute atomic E-state index is 0.196. The minimum Gasteiger partial charge on any atom is -0.361 e. The van der Waals surface area contributed by atoms with Crippen molar-refractivity contribution in [2.45, 2.75) is 52.4 Å². The summed E-state index contributed by atoms with van der Waals surface area (Å²) >= 11 is 0. The monoisotopic (exact) mass is 275 g/mol. The van der Waals surface area contributed by atoms with Gasteiger partial charge in [0.1, 0.15) is 6.73 Å². The van der Waals surface area contributed by atoms with Crippen LogP contribution in [0.4, 0.5) is 5.69 Å². The van der Waals surface area contributed by atoms with Gasteiger partial charge in [0.25, 0.3) is 0 Å². The van der Waals surface area contributed by atoms with Gasteiger partial charge in [-0.2, -0.15) is 0 Å². The van der Waals surface area contributed by atoms with Crippen LogP contribution in [0.3, 0.4) is 0 Å². The molecule has 1 aromatic carbocycles. The second-order valence-electron chi connectivity index (χ2n) is 5.34. The largest absolute Gasteiger partial charge is 0.361 e. The fourth-order valence-electron chi connectivity index (χ4n) is 2.71. The van der Waals surface area contributed by atoms with Gasteiger partial charge in [-0.3, -0.25) is 9.69 Å². The average Bonchev–Trinajstić information content (AvgIpc) is 2.62. The van der Waals surface area contributed by atoms with Gasteiger partial charge < -0.3 is 4.74 Å². The smallest absolute Gasteiger partial charge is 0.228 e. The Bertz CT molecular complexity index is 456. The van der Waals surface area contributed by atoms with Crippen LogP contribution in [0.15, 0.2) is 18.2 Å². The summed E-state index contributed by atoms with van der Waals surface area (Å²) in [4.78, 5) is 14.2. The van der Waals surface area contributed by atoms with Gasteiger partial charge in [-0.15, -0.1) is 0 Å². The maximum atomic E-state index is 12.4. The highest BCUT2D eigenvalue weighted by molar-refractivity contribution is 5.95. The van der Waals surface area contributed by atoms with Crippen molar-refractivity contribution in [2.24, 2.45) is 0 Å². The highest BCUT2D eigenvalue weighted by Crippen LogP contribution is 2.31. The van der Waals surface area contributed by atoms with Gasteiger partial charge in [-0.1, -0.05) is 38.5 Å². The van der Waals surface area contributed by atoms with Gasteiger partial charge in [0, 0.05) is 13.0 Å². The molecule has 0 saturated carbocycles. The number of hydrogen-bond donors (Lipinski definition) is 0. The molecule has 1 aliphatic rings. The second kappa shape index (κ2) is 7.44. The minimum atomic E-state index is 0.196. The molecule has 0 N–H and O–H groups in total. The number of unbranched alkanes of at least 4 members (excludes halogenated alkanes) is 1. The molecule has 0 fully saturated rings. The number of hydrogen-bond acceptors (Lipinski definition) is 2. The molecule has 0 radical (unpaired) electrons. The number of rotatable bonds is 6. The first-order valence-electron chi connectivity index (χ1n) is 7.76. The summed E-state index contributed by atoms with van der Waals surface area (Å²) < 4.78 is 5.70. The van der Waals surface area contributed by atoms with Crippen molar-refractivity contribution in [1.82, 2.24) is 0 Å². The quantitative estimate of drug-likeness (QED) is 0.741. The molecule has 0 unspecified atom stereocenters. The lowest BCUT2D eigenvalue weighted by Crippen LogP contribution is -2.33. The molecule has 3 nitrogen and oxygen atoms in total. The van der Waals surface area contributed by atoms with Crippen molar-refractivity contribution in [3.63, 3.8) is 0 Å². The summed E-state index contributed by atoms with van der Waals surface area (Å²) in [5.74, 6) is 0.196. The van der Waals surface area contributed by atoms with Crippen LogP contribution in [0, 0.1) is 0 Å². The molecular formula is C17H25NO2. The Morgan fingerprint density at radius 3 is 2.85 bits per heavy atom. The van der Waals surface area contributed by atoms with E-state index < -0.39 is 0 Å². The zero-order valence-electron chi connectivity index (χ0n) is 12.7. The van der Waals surface area contributed by atoms with Crippen LogP contribution < -0.4 is 4.90 Å². The van der Waals surface area contributed by atoms with E-state index in [1.54, 1.807) is 0 Å². The summed E-state index contributed by atoms with van der Waals surface area (Å²) in [6.07, 6.45) is 5.65. The Kier molecular flexibility index (Phi) is 5.60. The van der Waals surface area contributed by atoms with Gasteiger partial charge in [-0.25, -0.2) is 0 Å². The van der Waals surface area contributed by atoms with Crippen molar-refractivity contribution in [3.05, 3.63) is 29.3 Å². The molecule has 0 saturated heterocycles. The number of carbonyl (C=O) groups excluding carboxylic acids is 1. The van der Waals surface area contributed by atoms with Crippen molar-refractivity contribution in [2.75, 3.05) is 18.2 Å². The van der Waals surface area contributed by atoms with Crippen molar-refractivity contribution >= 4 is 11.6 Å². The van der Waals surface area contributed by atoms with Crippen LogP contribution in [0.1, 0.15) is 50.7 Å². The van der Waals surface area contributed by atoms with E-state index in [-0.39, 0.29) is 5.91 Å². The van der Waals surface area contributed by atoms with E-state index in [9.17, 15) is 4.79 Å². The highest BCUT2D eigenvalue weighted by atomic mass is 16.5. The first-order valence-corrected chi connectivity index (χ1v) is 7.76. The van der Waals surface area contributed by atoms with Crippen LogP contribution in [0.5, 0.6) is 0 Å². The van der Waals surface area contributed by atoms with Crippen LogP contribution in [0.2, 0.25) is 0 Å². The second-order valence-corrected chi connectivity index (χ2v) is 5.34. The molecule has 1 aromatic rings. The number of fused-ring (bicyclic) bond motifs is 1. The topological polar surface area (TPSA) is 29.5 Å². The molecule has 0 bridgehead atoms. The van der Waals surface area contributed by atoms with E-state index in [0.717, 1.165) is 44.4 Å². The standard InChI is InChI=1S/C17H25NO2/c1-3-5-12-20-13-18-16(19)11-7-10-15-9-6-8-14(4-2)17(15)18/h6,8-9H,3-5,7,10-13H2,1-2H3. The molecule has 3 heteroatoms. The number of ether oxygens (including phenoxy) is 1. The molecular weight excluding hydrogens is 250 g/mol. The lowest BCUT2D eigenvalue weighted by Gasteiger charge is -2.25. The van der Waals surface area contributed by atoms with Gasteiger partial charge >= 0.3 is 0 Å². The molecule has 110 valence electrons. The normalized spacial score (nSPS) is 15.1. The Morgan fingerprint density at radius 1 is 1.25 bits per heavy atom. The van der Waals surface area contributed by atoms with Gasteiger partial charge in [0.15, 0.2) is 0 Å². The maximum absolute atomic E-state index is 12.4. The van der Waals surface area contributed by atoms with E-state index in [0.29, 0.717) is 13.2 Å². The van der Waals surface area contributed by atoms with Gasteiger partial charge in [0.05, 0.1) is 5.69 Å². The van der Waals surface area contributed by atoms with Crippen molar-refractivity contribution in [1.29, 1.82) is 0 Å². The van der Waals surface area contributed by atoms with Gasteiger partial charge in [-0.05, 0) is 36.8 Å². The molecule has 0 spiro atoms.